The van der Waals surface area contributed by atoms with E-state index in [-0.39, 0.29) is 0 Å². The molecular weight excluding hydrogens is 250 g/mol. The molecule has 18 heavy (non-hydrogen) atoms. The Balaban J connectivity index is 2.40. The topological polar surface area (TPSA) is 39.1 Å². The van der Waals surface area contributed by atoms with Gasteiger partial charge in [0.05, 0.1) is 12.8 Å². The van der Waals surface area contributed by atoms with E-state index in [9.17, 15) is 0 Å². The van der Waals surface area contributed by atoms with Gasteiger partial charge in [-0.25, -0.2) is 4.98 Å². The van der Waals surface area contributed by atoms with Crippen molar-refractivity contribution in [3.05, 3.63) is 35.1 Å². The van der Waals surface area contributed by atoms with Crippen LogP contribution < -0.4 is 10.1 Å². The molecule has 0 aliphatic carbocycles. The predicted octanol–water partition coefficient (Wildman–Crippen LogP) is 2.47. The summed E-state index contributed by atoms with van der Waals surface area (Å²) >= 11 is 6.14. The van der Waals surface area contributed by atoms with Crippen LogP contribution in [0.25, 0.3) is 11.4 Å². The minimum absolute atomic E-state index is 0.540. The zero-order valence-corrected chi connectivity index (χ0v) is 11.5. The summed E-state index contributed by atoms with van der Waals surface area (Å²) in [5.41, 5.74) is 1.99. The van der Waals surface area contributed by atoms with E-state index in [1.165, 1.54) is 0 Å². The van der Waals surface area contributed by atoms with Crippen molar-refractivity contribution in [2.75, 3.05) is 14.2 Å². The van der Waals surface area contributed by atoms with E-state index >= 15 is 0 Å². The van der Waals surface area contributed by atoms with Crippen molar-refractivity contribution in [1.29, 1.82) is 0 Å². The van der Waals surface area contributed by atoms with Gasteiger partial charge in [-0.1, -0.05) is 11.6 Å². The first-order valence-electron chi connectivity index (χ1n) is 5.67. The SMILES string of the molecule is CNCc1c(Cl)nc(-c2ccc(OC)cc2)n1C. The molecule has 0 spiro atoms. The lowest BCUT2D eigenvalue weighted by atomic mass is 10.2. The molecule has 4 nitrogen and oxygen atoms in total. The van der Waals surface area contributed by atoms with Crippen molar-refractivity contribution in [2.24, 2.45) is 7.05 Å². The molecule has 0 saturated heterocycles. The van der Waals surface area contributed by atoms with Gasteiger partial charge in [0.2, 0.25) is 0 Å². The van der Waals surface area contributed by atoms with Crippen molar-refractivity contribution >= 4 is 11.6 Å². The molecule has 96 valence electrons. The van der Waals surface area contributed by atoms with Crippen molar-refractivity contribution in [2.45, 2.75) is 6.54 Å². The second-order valence-corrected chi connectivity index (χ2v) is 4.35. The summed E-state index contributed by atoms with van der Waals surface area (Å²) in [5, 5.41) is 3.62. The average molecular weight is 266 g/mol. The Morgan fingerprint density at radius 1 is 1.33 bits per heavy atom. The van der Waals surface area contributed by atoms with Gasteiger partial charge in [-0.3, -0.25) is 0 Å². The molecule has 2 aromatic rings. The number of imidazole rings is 1. The second kappa shape index (κ2) is 5.42. The Morgan fingerprint density at radius 3 is 2.56 bits per heavy atom. The van der Waals surface area contributed by atoms with E-state index in [0.717, 1.165) is 22.8 Å². The summed E-state index contributed by atoms with van der Waals surface area (Å²) in [6, 6.07) is 7.77. The predicted molar refractivity (Wildman–Crippen MR) is 73.0 cm³/mol. The summed E-state index contributed by atoms with van der Waals surface area (Å²) in [7, 11) is 5.50. The van der Waals surface area contributed by atoms with E-state index in [2.05, 4.69) is 10.3 Å². The molecule has 0 atom stereocenters. The van der Waals surface area contributed by atoms with Crippen molar-refractivity contribution < 1.29 is 4.74 Å². The minimum Gasteiger partial charge on any atom is -0.497 e. The summed E-state index contributed by atoms with van der Waals surface area (Å²) in [6.07, 6.45) is 0. The fourth-order valence-electron chi connectivity index (χ4n) is 1.86. The van der Waals surface area contributed by atoms with Crippen LogP contribution in [0.5, 0.6) is 5.75 Å². The molecule has 0 aliphatic heterocycles. The molecule has 0 bridgehead atoms. The lowest BCUT2D eigenvalue weighted by Gasteiger charge is -2.06. The number of benzene rings is 1. The first kappa shape index (κ1) is 12.9. The molecule has 1 heterocycles. The lowest BCUT2D eigenvalue weighted by Crippen LogP contribution is -2.10. The maximum Gasteiger partial charge on any atom is 0.152 e. The second-order valence-electron chi connectivity index (χ2n) is 3.99. The molecule has 0 fully saturated rings. The average Bonchev–Trinajstić information content (AvgIpc) is 2.67. The van der Waals surface area contributed by atoms with E-state index in [1.807, 2.05) is 42.9 Å². The minimum atomic E-state index is 0.540. The molecule has 0 unspecified atom stereocenters. The van der Waals surface area contributed by atoms with Crippen LogP contribution in [0.15, 0.2) is 24.3 Å². The van der Waals surface area contributed by atoms with Crippen LogP contribution in [-0.4, -0.2) is 23.7 Å². The van der Waals surface area contributed by atoms with Crippen molar-refractivity contribution in [3.63, 3.8) is 0 Å². The number of hydrogen-bond donors (Lipinski definition) is 1. The maximum absolute atomic E-state index is 6.14. The van der Waals surface area contributed by atoms with E-state index in [0.29, 0.717) is 11.7 Å². The summed E-state index contributed by atoms with van der Waals surface area (Å²) in [4.78, 5) is 4.40. The first-order valence-corrected chi connectivity index (χ1v) is 6.05. The number of aromatic nitrogens is 2. The molecule has 1 aromatic carbocycles. The Labute approximate surface area is 112 Å². The number of halogens is 1. The van der Waals surface area contributed by atoms with Gasteiger partial charge in [-0.05, 0) is 31.3 Å². The van der Waals surface area contributed by atoms with Crippen LogP contribution in [0.3, 0.4) is 0 Å². The van der Waals surface area contributed by atoms with Gasteiger partial charge in [0.1, 0.15) is 11.6 Å². The molecule has 2 rings (SSSR count). The molecule has 1 aromatic heterocycles. The van der Waals surface area contributed by atoms with Crippen molar-refractivity contribution in [3.8, 4) is 17.1 Å². The smallest absolute Gasteiger partial charge is 0.152 e. The van der Waals surface area contributed by atoms with Gasteiger partial charge >= 0.3 is 0 Å². The highest BCUT2D eigenvalue weighted by atomic mass is 35.5. The molecule has 1 N–H and O–H groups in total. The maximum atomic E-state index is 6.14. The lowest BCUT2D eigenvalue weighted by molar-refractivity contribution is 0.415. The van der Waals surface area contributed by atoms with Gasteiger partial charge in [0, 0.05) is 19.2 Å². The Kier molecular flexibility index (Phi) is 3.89. The Bertz CT molecular complexity index is 534. The Morgan fingerprint density at radius 2 is 2.00 bits per heavy atom. The summed E-state index contributed by atoms with van der Waals surface area (Å²) in [6.45, 7) is 0.693. The van der Waals surface area contributed by atoms with Crippen LogP contribution in [0, 0.1) is 0 Å². The van der Waals surface area contributed by atoms with Crippen LogP contribution in [0.4, 0.5) is 0 Å². The number of nitrogens with zero attached hydrogens (tertiary/aromatic N) is 2. The quantitative estimate of drug-likeness (QED) is 0.923. The van der Waals surface area contributed by atoms with Crippen LogP contribution in [0.1, 0.15) is 5.69 Å². The van der Waals surface area contributed by atoms with E-state index < -0.39 is 0 Å². The van der Waals surface area contributed by atoms with Gasteiger partial charge in [-0.15, -0.1) is 0 Å². The van der Waals surface area contributed by atoms with Gasteiger partial charge in [0.15, 0.2) is 5.15 Å². The normalized spacial score (nSPS) is 10.7. The fraction of sp³-hybridized carbons (Fsp3) is 0.308. The van der Waals surface area contributed by atoms with Crippen molar-refractivity contribution in [1.82, 2.24) is 14.9 Å². The van der Waals surface area contributed by atoms with Gasteiger partial charge in [0.25, 0.3) is 0 Å². The number of methoxy groups -OCH3 is 1. The molecule has 0 aliphatic rings. The highest BCUT2D eigenvalue weighted by Crippen LogP contribution is 2.25. The highest BCUT2D eigenvalue weighted by molar-refractivity contribution is 6.30. The zero-order valence-electron chi connectivity index (χ0n) is 10.7. The third kappa shape index (κ3) is 2.35. The first-order chi connectivity index (χ1) is 8.67. The molecule has 0 saturated carbocycles. The largest absolute Gasteiger partial charge is 0.497 e. The number of nitrogens with one attached hydrogen (secondary N) is 1. The fourth-order valence-corrected chi connectivity index (χ4v) is 2.13. The number of rotatable bonds is 4. The molecule has 0 radical (unpaired) electrons. The third-order valence-corrected chi connectivity index (χ3v) is 3.16. The zero-order chi connectivity index (χ0) is 13.1. The van der Waals surface area contributed by atoms with Crippen LogP contribution in [0.2, 0.25) is 5.15 Å². The van der Waals surface area contributed by atoms with Crippen LogP contribution in [-0.2, 0) is 13.6 Å². The summed E-state index contributed by atoms with van der Waals surface area (Å²) < 4.78 is 7.14. The van der Waals surface area contributed by atoms with E-state index in [4.69, 9.17) is 16.3 Å². The highest BCUT2D eigenvalue weighted by Gasteiger charge is 2.13. The molecule has 5 heteroatoms. The number of hydrogen-bond acceptors (Lipinski definition) is 3. The van der Waals surface area contributed by atoms with Gasteiger partial charge in [-0.2, -0.15) is 0 Å². The number of ether oxygens (including phenoxy) is 1. The molecular formula is C13H16ClN3O. The monoisotopic (exact) mass is 265 g/mol. The summed E-state index contributed by atoms with van der Waals surface area (Å²) in [5.74, 6) is 1.68. The standard InChI is InChI=1S/C13H16ClN3O/c1-15-8-11-12(14)16-13(17(11)2)9-4-6-10(18-3)7-5-9/h4-7,15H,8H2,1-3H3. The molecule has 0 amide bonds. The van der Waals surface area contributed by atoms with E-state index in [1.54, 1.807) is 7.11 Å². The Hall–Kier alpha value is -1.52. The third-order valence-electron chi connectivity index (χ3n) is 2.86. The van der Waals surface area contributed by atoms with Gasteiger partial charge < -0.3 is 14.6 Å². The van der Waals surface area contributed by atoms with Crippen LogP contribution >= 0.6 is 11.6 Å².